The van der Waals surface area contributed by atoms with Crippen LogP contribution in [0.5, 0.6) is 11.5 Å². The lowest BCUT2D eigenvalue weighted by molar-refractivity contribution is -0.133. The predicted molar refractivity (Wildman–Crippen MR) is 105 cm³/mol. The summed E-state index contributed by atoms with van der Waals surface area (Å²) in [5, 5.41) is 5.06. The van der Waals surface area contributed by atoms with Crippen molar-refractivity contribution in [2.75, 3.05) is 36.3 Å². The zero-order valence-corrected chi connectivity index (χ0v) is 15.7. The van der Waals surface area contributed by atoms with Crippen LogP contribution in [-0.2, 0) is 14.4 Å². The standard InChI is InChI=1S/C20H21N3O5/c1-27-15-8-9-16(17(12-15)28-2)22-20(26)19(25)21-13-5-3-6-14(11-13)23-10-4-7-18(23)24/h3,5-6,8-9,11-12H,4,7,10H2,1-2H3,(H,21,25)(H,22,26). The van der Waals surface area contributed by atoms with Crippen molar-refractivity contribution in [3.05, 3.63) is 42.5 Å². The monoisotopic (exact) mass is 383 g/mol. The normalized spacial score (nSPS) is 13.2. The Hall–Kier alpha value is -3.55. The Balaban J connectivity index is 1.68. The van der Waals surface area contributed by atoms with Gasteiger partial charge in [0.25, 0.3) is 0 Å². The number of benzene rings is 2. The van der Waals surface area contributed by atoms with Gasteiger partial charge in [-0.2, -0.15) is 0 Å². The fraction of sp³-hybridized carbons (Fsp3) is 0.250. The van der Waals surface area contributed by atoms with Crippen LogP contribution >= 0.6 is 0 Å². The number of rotatable bonds is 5. The molecule has 2 aromatic rings. The molecule has 28 heavy (non-hydrogen) atoms. The highest BCUT2D eigenvalue weighted by Crippen LogP contribution is 2.29. The van der Waals surface area contributed by atoms with Crippen LogP contribution in [0, 0.1) is 0 Å². The molecular formula is C20H21N3O5. The lowest BCUT2D eigenvalue weighted by Gasteiger charge is -2.17. The van der Waals surface area contributed by atoms with Crippen molar-refractivity contribution in [3.8, 4) is 11.5 Å². The van der Waals surface area contributed by atoms with Crippen molar-refractivity contribution >= 4 is 34.8 Å². The molecule has 2 aromatic carbocycles. The molecule has 0 unspecified atom stereocenters. The van der Waals surface area contributed by atoms with E-state index in [-0.39, 0.29) is 5.91 Å². The highest BCUT2D eigenvalue weighted by Gasteiger charge is 2.22. The molecule has 1 aliphatic heterocycles. The third kappa shape index (κ3) is 4.22. The van der Waals surface area contributed by atoms with E-state index < -0.39 is 11.8 Å². The molecular weight excluding hydrogens is 362 g/mol. The van der Waals surface area contributed by atoms with Gasteiger partial charge in [-0.05, 0) is 36.8 Å². The maximum Gasteiger partial charge on any atom is 0.314 e. The molecule has 0 saturated carbocycles. The van der Waals surface area contributed by atoms with E-state index >= 15 is 0 Å². The lowest BCUT2D eigenvalue weighted by atomic mass is 10.2. The average Bonchev–Trinajstić information content (AvgIpc) is 3.14. The van der Waals surface area contributed by atoms with Crippen LogP contribution in [0.3, 0.4) is 0 Å². The van der Waals surface area contributed by atoms with Gasteiger partial charge < -0.3 is 25.0 Å². The van der Waals surface area contributed by atoms with Crippen molar-refractivity contribution in [2.45, 2.75) is 12.8 Å². The number of amides is 3. The van der Waals surface area contributed by atoms with Gasteiger partial charge in [-0.3, -0.25) is 14.4 Å². The third-order valence-electron chi connectivity index (χ3n) is 4.35. The molecule has 3 amide bonds. The maximum atomic E-state index is 12.3. The second kappa shape index (κ2) is 8.43. The first kappa shape index (κ1) is 19.2. The number of hydrogen-bond acceptors (Lipinski definition) is 5. The Morgan fingerprint density at radius 2 is 1.79 bits per heavy atom. The Morgan fingerprint density at radius 3 is 2.46 bits per heavy atom. The first-order valence-electron chi connectivity index (χ1n) is 8.76. The van der Waals surface area contributed by atoms with Gasteiger partial charge >= 0.3 is 11.8 Å². The summed E-state index contributed by atoms with van der Waals surface area (Å²) in [6, 6.07) is 11.7. The number of carbonyl (C=O) groups excluding carboxylic acids is 3. The van der Waals surface area contributed by atoms with E-state index in [1.807, 2.05) is 0 Å². The lowest BCUT2D eigenvalue weighted by Crippen LogP contribution is -2.29. The minimum Gasteiger partial charge on any atom is -0.497 e. The van der Waals surface area contributed by atoms with Gasteiger partial charge in [-0.1, -0.05) is 6.07 Å². The Bertz CT molecular complexity index is 912. The second-order valence-electron chi connectivity index (χ2n) is 6.17. The molecule has 0 spiro atoms. The summed E-state index contributed by atoms with van der Waals surface area (Å²) in [6.45, 7) is 0.647. The molecule has 0 bridgehead atoms. The van der Waals surface area contributed by atoms with Crippen LogP contribution in [0.1, 0.15) is 12.8 Å². The zero-order chi connectivity index (χ0) is 20.1. The molecule has 8 heteroatoms. The number of nitrogens with one attached hydrogen (secondary N) is 2. The molecule has 3 rings (SSSR count). The number of ether oxygens (including phenoxy) is 2. The van der Waals surface area contributed by atoms with Gasteiger partial charge in [0.05, 0.1) is 19.9 Å². The van der Waals surface area contributed by atoms with Gasteiger partial charge in [0.2, 0.25) is 5.91 Å². The van der Waals surface area contributed by atoms with Crippen molar-refractivity contribution in [1.29, 1.82) is 0 Å². The summed E-state index contributed by atoms with van der Waals surface area (Å²) in [5.41, 5.74) is 1.47. The van der Waals surface area contributed by atoms with E-state index in [2.05, 4.69) is 10.6 Å². The van der Waals surface area contributed by atoms with E-state index in [1.165, 1.54) is 14.2 Å². The minimum atomic E-state index is -0.842. The van der Waals surface area contributed by atoms with E-state index in [0.717, 1.165) is 6.42 Å². The average molecular weight is 383 g/mol. The number of methoxy groups -OCH3 is 2. The molecule has 1 heterocycles. The zero-order valence-electron chi connectivity index (χ0n) is 15.7. The minimum absolute atomic E-state index is 0.0489. The van der Waals surface area contributed by atoms with Crippen molar-refractivity contribution in [2.24, 2.45) is 0 Å². The molecule has 8 nitrogen and oxygen atoms in total. The quantitative estimate of drug-likeness (QED) is 0.773. The van der Waals surface area contributed by atoms with Crippen molar-refractivity contribution in [1.82, 2.24) is 0 Å². The highest BCUT2D eigenvalue weighted by molar-refractivity contribution is 6.43. The van der Waals surface area contributed by atoms with Crippen LogP contribution in [0.4, 0.5) is 17.1 Å². The van der Waals surface area contributed by atoms with E-state index in [4.69, 9.17) is 9.47 Å². The number of anilines is 3. The molecule has 146 valence electrons. The summed E-state index contributed by atoms with van der Waals surface area (Å²) in [5.74, 6) is -0.690. The van der Waals surface area contributed by atoms with Crippen LogP contribution in [0.2, 0.25) is 0 Å². The summed E-state index contributed by atoms with van der Waals surface area (Å²) in [7, 11) is 2.97. The number of carbonyl (C=O) groups is 3. The van der Waals surface area contributed by atoms with Crippen LogP contribution in [-0.4, -0.2) is 38.5 Å². The van der Waals surface area contributed by atoms with Crippen molar-refractivity contribution < 1.29 is 23.9 Å². The summed E-state index contributed by atoms with van der Waals surface area (Å²) in [6.07, 6.45) is 1.32. The van der Waals surface area contributed by atoms with Gasteiger partial charge in [-0.25, -0.2) is 0 Å². The SMILES string of the molecule is COc1ccc(NC(=O)C(=O)Nc2cccc(N3CCCC3=O)c2)c(OC)c1. The largest absolute Gasteiger partial charge is 0.497 e. The van der Waals surface area contributed by atoms with Crippen molar-refractivity contribution in [3.63, 3.8) is 0 Å². The molecule has 0 aliphatic carbocycles. The van der Waals surface area contributed by atoms with E-state index in [0.29, 0.717) is 41.5 Å². The molecule has 1 fully saturated rings. The smallest absolute Gasteiger partial charge is 0.314 e. The summed E-state index contributed by atoms with van der Waals surface area (Å²) >= 11 is 0. The second-order valence-corrected chi connectivity index (χ2v) is 6.17. The van der Waals surface area contributed by atoms with E-state index in [9.17, 15) is 14.4 Å². The van der Waals surface area contributed by atoms with Crippen LogP contribution < -0.4 is 25.0 Å². The molecule has 0 atom stereocenters. The molecule has 2 N–H and O–H groups in total. The van der Waals surface area contributed by atoms with Gasteiger partial charge in [0.15, 0.2) is 0 Å². The third-order valence-corrected chi connectivity index (χ3v) is 4.35. The van der Waals surface area contributed by atoms with Crippen LogP contribution in [0.15, 0.2) is 42.5 Å². The topological polar surface area (TPSA) is 97.0 Å². The van der Waals surface area contributed by atoms with Crippen LogP contribution in [0.25, 0.3) is 0 Å². The Kier molecular flexibility index (Phi) is 5.78. The molecule has 1 saturated heterocycles. The van der Waals surface area contributed by atoms with Gasteiger partial charge in [0, 0.05) is 30.4 Å². The first-order chi connectivity index (χ1) is 13.5. The Morgan fingerprint density at radius 1 is 1.00 bits per heavy atom. The highest BCUT2D eigenvalue weighted by atomic mass is 16.5. The van der Waals surface area contributed by atoms with E-state index in [1.54, 1.807) is 47.4 Å². The van der Waals surface area contributed by atoms with Gasteiger partial charge in [-0.15, -0.1) is 0 Å². The maximum absolute atomic E-state index is 12.3. The summed E-state index contributed by atoms with van der Waals surface area (Å²) in [4.78, 5) is 38.1. The number of hydrogen-bond donors (Lipinski definition) is 2. The Labute approximate surface area is 162 Å². The molecule has 1 aliphatic rings. The molecule has 0 radical (unpaired) electrons. The summed E-state index contributed by atoms with van der Waals surface area (Å²) < 4.78 is 10.3. The molecule has 0 aromatic heterocycles. The predicted octanol–water partition coefficient (Wildman–Crippen LogP) is 2.41. The van der Waals surface area contributed by atoms with Gasteiger partial charge in [0.1, 0.15) is 11.5 Å². The first-order valence-corrected chi connectivity index (χ1v) is 8.76. The fourth-order valence-electron chi connectivity index (χ4n) is 2.94. The number of nitrogens with zero attached hydrogens (tertiary/aromatic N) is 1. The fourth-order valence-corrected chi connectivity index (χ4v) is 2.94.